The number of rotatable bonds is 5. The molecule has 2 atom stereocenters. The van der Waals surface area contributed by atoms with E-state index in [0.29, 0.717) is 11.3 Å². The highest BCUT2D eigenvalue weighted by Crippen LogP contribution is 2.27. The summed E-state index contributed by atoms with van der Waals surface area (Å²) in [4.78, 5) is 10.8. The van der Waals surface area contributed by atoms with Gasteiger partial charge in [-0.05, 0) is 24.2 Å². The van der Waals surface area contributed by atoms with E-state index >= 15 is 0 Å². The molecular formula is C13H24O2. The van der Waals surface area contributed by atoms with E-state index < -0.39 is 0 Å². The first-order chi connectivity index (χ1) is 6.74. The van der Waals surface area contributed by atoms with E-state index in [4.69, 9.17) is 4.74 Å². The average Bonchev–Trinajstić information content (AvgIpc) is 1.98. The van der Waals surface area contributed by atoms with Crippen molar-refractivity contribution in [3.05, 3.63) is 12.7 Å². The van der Waals surface area contributed by atoms with Crippen LogP contribution in [0.5, 0.6) is 0 Å². The largest absolute Gasteiger partial charge is 0.458 e. The first-order valence-corrected chi connectivity index (χ1v) is 5.54. The van der Waals surface area contributed by atoms with E-state index in [-0.39, 0.29) is 12.1 Å². The van der Waals surface area contributed by atoms with Gasteiger partial charge in [-0.3, -0.25) is 4.79 Å². The van der Waals surface area contributed by atoms with Crippen LogP contribution in [0.1, 0.15) is 47.5 Å². The van der Waals surface area contributed by atoms with Gasteiger partial charge in [0.2, 0.25) is 0 Å². The topological polar surface area (TPSA) is 26.3 Å². The molecule has 0 amide bonds. The number of carbonyl (C=O) groups is 1. The van der Waals surface area contributed by atoms with Gasteiger partial charge in [-0.2, -0.15) is 0 Å². The minimum Gasteiger partial charge on any atom is -0.458 e. The molecule has 0 saturated carbocycles. The van der Waals surface area contributed by atoms with Crippen LogP contribution in [0.4, 0.5) is 0 Å². The lowest BCUT2D eigenvalue weighted by atomic mass is 9.83. The average molecular weight is 212 g/mol. The zero-order valence-electron chi connectivity index (χ0n) is 10.7. The van der Waals surface area contributed by atoms with Crippen molar-refractivity contribution >= 4 is 5.97 Å². The van der Waals surface area contributed by atoms with E-state index in [0.717, 1.165) is 12.8 Å². The summed E-state index contributed by atoms with van der Waals surface area (Å²) in [5, 5.41) is 0. The van der Waals surface area contributed by atoms with Gasteiger partial charge in [0.25, 0.3) is 0 Å². The van der Waals surface area contributed by atoms with Crippen LogP contribution in [0.2, 0.25) is 0 Å². The second kappa shape index (κ2) is 5.94. The van der Waals surface area contributed by atoms with E-state index in [2.05, 4.69) is 34.3 Å². The van der Waals surface area contributed by atoms with E-state index in [1.54, 1.807) is 6.08 Å². The predicted molar refractivity (Wildman–Crippen MR) is 63.6 cm³/mol. The highest BCUT2D eigenvalue weighted by molar-refractivity contribution is 5.66. The molecule has 0 fully saturated rings. The number of hydrogen-bond donors (Lipinski definition) is 0. The molecule has 0 saturated heterocycles. The van der Waals surface area contributed by atoms with Crippen LogP contribution < -0.4 is 0 Å². The van der Waals surface area contributed by atoms with Crippen molar-refractivity contribution in [3.8, 4) is 0 Å². The van der Waals surface area contributed by atoms with Crippen LogP contribution in [0, 0.1) is 11.3 Å². The molecule has 0 aliphatic carbocycles. The third-order valence-corrected chi connectivity index (χ3v) is 2.18. The summed E-state index contributed by atoms with van der Waals surface area (Å²) in [6.45, 7) is 14.0. The Hall–Kier alpha value is -0.790. The summed E-state index contributed by atoms with van der Waals surface area (Å²) in [7, 11) is 0. The molecule has 0 bridgehead atoms. The molecule has 0 aromatic heterocycles. The fourth-order valence-corrected chi connectivity index (χ4v) is 1.93. The number of esters is 1. The summed E-state index contributed by atoms with van der Waals surface area (Å²) in [5.74, 6) is 0.301. The number of hydrogen-bond acceptors (Lipinski definition) is 2. The van der Waals surface area contributed by atoms with Gasteiger partial charge in [-0.25, -0.2) is 0 Å². The Kier molecular flexibility index (Phi) is 5.63. The normalized spacial score (nSPS) is 15.5. The summed E-state index contributed by atoms with van der Waals surface area (Å²) >= 11 is 0. The van der Waals surface area contributed by atoms with Crippen molar-refractivity contribution in [2.75, 3.05) is 0 Å². The van der Waals surface area contributed by atoms with Gasteiger partial charge in [0.05, 0.1) is 0 Å². The number of carbonyl (C=O) groups excluding carboxylic acids is 1. The van der Waals surface area contributed by atoms with E-state index in [1.807, 2.05) is 0 Å². The molecule has 0 aromatic carbocycles. The monoisotopic (exact) mass is 212 g/mol. The molecule has 0 spiro atoms. The zero-order valence-corrected chi connectivity index (χ0v) is 10.7. The van der Waals surface area contributed by atoms with Gasteiger partial charge in [-0.1, -0.05) is 40.3 Å². The lowest BCUT2D eigenvalue weighted by Gasteiger charge is -2.25. The van der Waals surface area contributed by atoms with Gasteiger partial charge in [0.1, 0.15) is 6.10 Å². The molecule has 0 rings (SSSR count). The van der Waals surface area contributed by atoms with Gasteiger partial charge in [-0.15, -0.1) is 0 Å². The molecule has 0 N–H and O–H groups in total. The van der Waals surface area contributed by atoms with Crippen molar-refractivity contribution in [1.82, 2.24) is 0 Å². The Balaban J connectivity index is 4.07. The molecule has 0 aromatic rings. The van der Waals surface area contributed by atoms with Gasteiger partial charge in [0.15, 0.2) is 0 Å². The fraction of sp³-hybridized carbons (Fsp3) is 0.769. The first-order valence-electron chi connectivity index (χ1n) is 5.54. The summed E-state index contributed by atoms with van der Waals surface area (Å²) in [5.41, 5.74) is 0.321. The van der Waals surface area contributed by atoms with Crippen molar-refractivity contribution in [2.24, 2.45) is 11.3 Å². The molecule has 0 aliphatic rings. The summed E-state index contributed by atoms with van der Waals surface area (Å²) in [6, 6.07) is 0. The van der Waals surface area contributed by atoms with Crippen molar-refractivity contribution < 1.29 is 9.53 Å². The Bertz CT molecular complexity index is 213. The maximum atomic E-state index is 10.8. The van der Waals surface area contributed by atoms with Crippen LogP contribution in [0.3, 0.4) is 0 Å². The number of ether oxygens (including phenoxy) is 1. The molecular weight excluding hydrogens is 188 g/mol. The molecule has 0 radical (unpaired) electrons. The van der Waals surface area contributed by atoms with Crippen LogP contribution in [0.25, 0.3) is 0 Å². The van der Waals surface area contributed by atoms with Gasteiger partial charge in [0, 0.05) is 6.92 Å². The zero-order chi connectivity index (χ0) is 12.1. The maximum absolute atomic E-state index is 10.8. The Morgan fingerprint density at radius 3 is 2.33 bits per heavy atom. The van der Waals surface area contributed by atoms with Gasteiger partial charge < -0.3 is 4.74 Å². The molecule has 15 heavy (non-hydrogen) atoms. The second-order valence-corrected chi connectivity index (χ2v) is 5.49. The Morgan fingerprint density at radius 1 is 1.47 bits per heavy atom. The Labute approximate surface area is 93.7 Å². The highest BCUT2D eigenvalue weighted by atomic mass is 16.5. The standard InChI is InChI=1S/C13H24O2/c1-7-12(15-11(3)14)8-10(2)9-13(4,5)6/h7,10,12H,1,8-9H2,2-6H3. The quantitative estimate of drug-likeness (QED) is 0.514. The molecule has 0 heterocycles. The highest BCUT2D eigenvalue weighted by Gasteiger charge is 2.18. The molecule has 2 heteroatoms. The molecule has 2 unspecified atom stereocenters. The predicted octanol–water partition coefficient (Wildman–Crippen LogP) is 3.57. The molecule has 88 valence electrons. The Morgan fingerprint density at radius 2 is 2.00 bits per heavy atom. The minimum absolute atomic E-state index is 0.139. The van der Waals surface area contributed by atoms with Crippen molar-refractivity contribution in [3.63, 3.8) is 0 Å². The van der Waals surface area contributed by atoms with Crippen LogP contribution >= 0.6 is 0 Å². The summed E-state index contributed by atoms with van der Waals surface area (Å²) < 4.78 is 5.13. The van der Waals surface area contributed by atoms with E-state index in [1.165, 1.54) is 6.92 Å². The maximum Gasteiger partial charge on any atom is 0.303 e. The molecule has 2 nitrogen and oxygen atoms in total. The smallest absolute Gasteiger partial charge is 0.303 e. The van der Waals surface area contributed by atoms with Crippen molar-refractivity contribution in [1.29, 1.82) is 0 Å². The van der Waals surface area contributed by atoms with Gasteiger partial charge >= 0.3 is 5.97 Å². The molecule has 0 aliphatic heterocycles. The second-order valence-electron chi connectivity index (χ2n) is 5.49. The fourth-order valence-electron chi connectivity index (χ4n) is 1.93. The lowest BCUT2D eigenvalue weighted by molar-refractivity contribution is -0.144. The minimum atomic E-state index is -0.233. The van der Waals surface area contributed by atoms with E-state index in [9.17, 15) is 4.79 Å². The van der Waals surface area contributed by atoms with Crippen LogP contribution in [0.15, 0.2) is 12.7 Å². The third kappa shape index (κ3) is 8.22. The summed E-state index contributed by atoms with van der Waals surface area (Å²) in [6.07, 6.45) is 3.55. The SMILES string of the molecule is C=CC(CC(C)CC(C)(C)C)OC(C)=O. The lowest BCUT2D eigenvalue weighted by Crippen LogP contribution is -2.19. The van der Waals surface area contributed by atoms with Crippen molar-refractivity contribution in [2.45, 2.75) is 53.6 Å². The van der Waals surface area contributed by atoms with Crippen LogP contribution in [-0.2, 0) is 9.53 Å². The third-order valence-electron chi connectivity index (χ3n) is 2.18. The van der Waals surface area contributed by atoms with Crippen LogP contribution in [-0.4, -0.2) is 12.1 Å². The first kappa shape index (κ1) is 14.2.